The van der Waals surface area contributed by atoms with E-state index in [0.29, 0.717) is 20.6 Å². The van der Waals surface area contributed by atoms with Gasteiger partial charge in [-0.2, -0.15) is 0 Å². The topological polar surface area (TPSA) is 79.6 Å². The van der Waals surface area contributed by atoms with Crippen molar-refractivity contribution in [2.24, 2.45) is 0 Å². The Kier molecular flexibility index (Phi) is 4.18. The van der Waals surface area contributed by atoms with Gasteiger partial charge < -0.3 is 4.42 Å². The van der Waals surface area contributed by atoms with Crippen molar-refractivity contribution in [1.29, 1.82) is 0 Å². The standard InChI is InChI=1S/C15H8Br2N2O4/c16-8-2-1-3-9(6-8)19-14(21)11(13(20)18-15(19)22)7-10-4-5-12(17)23-10/h1-7H,(H,18,20,22)/b11-7+. The third-order valence-corrected chi connectivity index (χ3v) is 3.97. The molecule has 0 unspecified atom stereocenters. The molecule has 4 amide bonds. The summed E-state index contributed by atoms with van der Waals surface area (Å²) in [6.07, 6.45) is 1.29. The lowest BCUT2D eigenvalue weighted by Gasteiger charge is -2.26. The van der Waals surface area contributed by atoms with Gasteiger partial charge in [0.25, 0.3) is 11.8 Å². The summed E-state index contributed by atoms with van der Waals surface area (Å²) in [7, 11) is 0. The molecule has 23 heavy (non-hydrogen) atoms. The van der Waals surface area contributed by atoms with Crippen molar-refractivity contribution in [2.45, 2.75) is 0 Å². The second-order valence-corrected chi connectivity index (χ2v) is 6.28. The normalized spacial score (nSPS) is 16.9. The van der Waals surface area contributed by atoms with Gasteiger partial charge in [-0.3, -0.25) is 14.9 Å². The number of carbonyl (C=O) groups excluding carboxylic acids is 3. The molecule has 1 aliphatic heterocycles. The van der Waals surface area contributed by atoms with E-state index < -0.39 is 17.8 Å². The minimum absolute atomic E-state index is 0.188. The Balaban J connectivity index is 2.02. The molecule has 0 atom stereocenters. The third kappa shape index (κ3) is 3.13. The Morgan fingerprint density at radius 3 is 2.52 bits per heavy atom. The van der Waals surface area contributed by atoms with Crippen LogP contribution in [0.1, 0.15) is 5.76 Å². The monoisotopic (exact) mass is 438 g/mol. The van der Waals surface area contributed by atoms with Crippen LogP contribution in [0.3, 0.4) is 0 Å². The number of amides is 4. The van der Waals surface area contributed by atoms with Gasteiger partial charge in [-0.15, -0.1) is 0 Å². The average molecular weight is 440 g/mol. The highest BCUT2D eigenvalue weighted by molar-refractivity contribution is 9.10. The second-order valence-electron chi connectivity index (χ2n) is 4.58. The fraction of sp³-hybridized carbons (Fsp3) is 0. The lowest BCUT2D eigenvalue weighted by atomic mass is 10.1. The van der Waals surface area contributed by atoms with Crippen molar-refractivity contribution in [1.82, 2.24) is 5.32 Å². The largest absolute Gasteiger partial charge is 0.450 e. The van der Waals surface area contributed by atoms with Gasteiger partial charge in [0.05, 0.1) is 5.69 Å². The Morgan fingerprint density at radius 1 is 1.09 bits per heavy atom. The van der Waals surface area contributed by atoms with Crippen LogP contribution in [0.15, 0.2) is 55.5 Å². The number of halogens is 2. The number of benzene rings is 1. The number of imide groups is 2. The first kappa shape index (κ1) is 15.7. The quantitative estimate of drug-likeness (QED) is 0.573. The summed E-state index contributed by atoms with van der Waals surface area (Å²) in [6.45, 7) is 0. The molecule has 116 valence electrons. The van der Waals surface area contributed by atoms with Crippen molar-refractivity contribution in [3.63, 3.8) is 0 Å². The van der Waals surface area contributed by atoms with Gasteiger partial charge >= 0.3 is 6.03 Å². The molecule has 0 radical (unpaired) electrons. The minimum atomic E-state index is -0.795. The minimum Gasteiger partial charge on any atom is -0.450 e. The number of rotatable bonds is 2. The molecule has 1 N–H and O–H groups in total. The lowest BCUT2D eigenvalue weighted by molar-refractivity contribution is -0.122. The molecule has 1 aromatic heterocycles. The maximum absolute atomic E-state index is 12.6. The summed E-state index contributed by atoms with van der Waals surface area (Å²) >= 11 is 6.42. The summed E-state index contributed by atoms with van der Waals surface area (Å²) in [5.41, 5.74) is 0.160. The summed E-state index contributed by atoms with van der Waals surface area (Å²) in [4.78, 5) is 37.5. The van der Waals surface area contributed by atoms with Crippen molar-refractivity contribution >= 4 is 61.5 Å². The van der Waals surface area contributed by atoms with Crippen molar-refractivity contribution in [2.75, 3.05) is 4.90 Å². The molecule has 1 aliphatic rings. The number of hydrogen-bond donors (Lipinski definition) is 1. The van der Waals surface area contributed by atoms with Gasteiger partial charge in [0, 0.05) is 4.47 Å². The van der Waals surface area contributed by atoms with Crippen molar-refractivity contribution in [3.8, 4) is 0 Å². The number of hydrogen-bond acceptors (Lipinski definition) is 4. The number of furan rings is 1. The van der Waals surface area contributed by atoms with E-state index >= 15 is 0 Å². The summed E-state index contributed by atoms with van der Waals surface area (Å²) in [5.74, 6) is -1.16. The van der Waals surface area contributed by atoms with E-state index in [1.165, 1.54) is 6.08 Å². The number of carbonyl (C=O) groups is 3. The first-order valence-corrected chi connectivity index (χ1v) is 7.96. The highest BCUT2D eigenvalue weighted by Crippen LogP contribution is 2.25. The maximum atomic E-state index is 12.6. The Morgan fingerprint density at radius 2 is 1.87 bits per heavy atom. The van der Waals surface area contributed by atoms with Gasteiger partial charge in [0.2, 0.25) is 0 Å². The van der Waals surface area contributed by atoms with E-state index in [1.807, 2.05) is 0 Å². The molecule has 0 bridgehead atoms. The van der Waals surface area contributed by atoms with Crippen LogP contribution in [0.2, 0.25) is 0 Å². The molecular weight excluding hydrogens is 432 g/mol. The summed E-state index contributed by atoms with van der Waals surface area (Å²) in [6, 6.07) is 9.08. The van der Waals surface area contributed by atoms with Gasteiger partial charge in [-0.25, -0.2) is 9.69 Å². The predicted molar refractivity (Wildman–Crippen MR) is 89.6 cm³/mol. The van der Waals surface area contributed by atoms with Gasteiger partial charge in [0.15, 0.2) is 4.67 Å². The third-order valence-electron chi connectivity index (χ3n) is 3.05. The number of barbiturate groups is 1. The molecule has 0 aliphatic carbocycles. The van der Waals surface area contributed by atoms with E-state index in [-0.39, 0.29) is 5.57 Å². The average Bonchev–Trinajstić information content (AvgIpc) is 2.89. The van der Waals surface area contributed by atoms with E-state index in [4.69, 9.17) is 4.42 Å². The van der Waals surface area contributed by atoms with Crippen LogP contribution < -0.4 is 10.2 Å². The van der Waals surface area contributed by atoms with E-state index in [2.05, 4.69) is 37.2 Å². The molecule has 2 aromatic rings. The SMILES string of the molecule is O=C1NC(=O)N(c2cccc(Br)c2)C(=O)/C1=C/c1ccc(Br)o1. The maximum Gasteiger partial charge on any atom is 0.335 e. The first-order valence-electron chi connectivity index (χ1n) is 6.38. The van der Waals surface area contributed by atoms with Gasteiger partial charge in [-0.05, 0) is 52.3 Å². The fourth-order valence-corrected chi connectivity index (χ4v) is 2.76. The van der Waals surface area contributed by atoms with Crippen LogP contribution in [-0.2, 0) is 9.59 Å². The van der Waals surface area contributed by atoms with Crippen LogP contribution in [0, 0.1) is 0 Å². The molecular formula is C15H8Br2N2O4. The van der Waals surface area contributed by atoms with E-state index in [9.17, 15) is 14.4 Å². The molecule has 1 aromatic carbocycles. The highest BCUT2D eigenvalue weighted by Gasteiger charge is 2.37. The number of nitrogens with zero attached hydrogens (tertiary/aromatic N) is 1. The van der Waals surface area contributed by atoms with Gasteiger partial charge in [-0.1, -0.05) is 22.0 Å². The predicted octanol–water partition coefficient (Wildman–Crippen LogP) is 3.47. The smallest absolute Gasteiger partial charge is 0.335 e. The summed E-state index contributed by atoms with van der Waals surface area (Å²) < 4.78 is 6.43. The molecule has 8 heteroatoms. The Labute approximate surface area is 147 Å². The first-order chi connectivity index (χ1) is 11.0. The van der Waals surface area contributed by atoms with E-state index in [1.54, 1.807) is 36.4 Å². The lowest BCUT2D eigenvalue weighted by Crippen LogP contribution is -2.54. The van der Waals surface area contributed by atoms with Crippen LogP contribution in [-0.4, -0.2) is 17.8 Å². The zero-order chi connectivity index (χ0) is 16.6. The zero-order valence-corrected chi connectivity index (χ0v) is 14.5. The van der Waals surface area contributed by atoms with Crippen LogP contribution >= 0.6 is 31.9 Å². The highest BCUT2D eigenvalue weighted by atomic mass is 79.9. The van der Waals surface area contributed by atoms with Crippen LogP contribution in [0.5, 0.6) is 0 Å². The Bertz CT molecular complexity index is 857. The molecule has 1 fully saturated rings. The van der Waals surface area contributed by atoms with Crippen LogP contribution in [0.25, 0.3) is 6.08 Å². The van der Waals surface area contributed by atoms with Crippen molar-refractivity contribution in [3.05, 3.63) is 56.9 Å². The fourth-order valence-electron chi connectivity index (χ4n) is 2.06. The molecule has 1 saturated heterocycles. The molecule has 2 heterocycles. The number of anilines is 1. The zero-order valence-electron chi connectivity index (χ0n) is 11.4. The second kappa shape index (κ2) is 6.13. The van der Waals surface area contributed by atoms with Crippen LogP contribution in [0.4, 0.5) is 10.5 Å². The Hall–Kier alpha value is -2.19. The van der Waals surface area contributed by atoms with Gasteiger partial charge in [0.1, 0.15) is 11.3 Å². The van der Waals surface area contributed by atoms with E-state index in [0.717, 1.165) is 4.90 Å². The molecule has 3 rings (SSSR count). The molecule has 6 nitrogen and oxygen atoms in total. The van der Waals surface area contributed by atoms with Crippen molar-refractivity contribution < 1.29 is 18.8 Å². The molecule has 0 spiro atoms. The summed E-state index contributed by atoms with van der Waals surface area (Å²) in [5, 5.41) is 2.15. The number of nitrogens with one attached hydrogen (secondary N) is 1. The number of urea groups is 1. The molecule has 0 saturated carbocycles.